The van der Waals surface area contributed by atoms with E-state index >= 15 is 0 Å². The Morgan fingerprint density at radius 2 is 1.95 bits per heavy atom. The summed E-state index contributed by atoms with van der Waals surface area (Å²) in [5.41, 5.74) is 3.95. The third-order valence-corrected chi connectivity index (χ3v) is 3.83. The maximum atomic E-state index is 12.7. The topological polar surface area (TPSA) is 38.3 Å². The van der Waals surface area contributed by atoms with Crippen LogP contribution in [0.4, 0.5) is 0 Å². The summed E-state index contributed by atoms with van der Waals surface area (Å²) in [5.74, 6) is 1.13. The fourth-order valence-corrected chi connectivity index (χ4v) is 2.51. The first-order chi connectivity index (χ1) is 8.97. The molecule has 0 aromatic heterocycles. The van der Waals surface area contributed by atoms with Crippen molar-refractivity contribution in [3.05, 3.63) is 28.3 Å². The van der Waals surface area contributed by atoms with Gasteiger partial charge in [-0.3, -0.25) is 4.79 Å². The smallest absolute Gasteiger partial charge is 0.167 e. The first kappa shape index (κ1) is 15.7. The molecule has 0 aliphatic rings. The highest BCUT2D eigenvalue weighted by Gasteiger charge is 2.23. The lowest BCUT2D eigenvalue weighted by atomic mass is 9.87. The number of hydrogen-bond donors (Lipinski definition) is 1. The molecule has 0 radical (unpaired) electrons. The highest BCUT2D eigenvalue weighted by molar-refractivity contribution is 6.01. The van der Waals surface area contributed by atoms with Crippen molar-refractivity contribution in [1.29, 1.82) is 0 Å². The van der Waals surface area contributed by atoms with E-state index in [-0.39, 0.29) is 11.7 Å². The van der Waals surface area contributed by atoms with Gasteiger partial charge in [0, 0.05) is 18.0 Å². The van der Waals surface area contributed by atoms with Crippen molar-refractivity contribution in [1.82, 2.24) is 5.32 Å². The molecule has 0 bridgehead atoms. The Bertz CT molecular complexity index is 466. The third-order valence-electron chi connectivity index (χ3n) is 3.83. The Balaban J connectivity index is 3.27. The zero-order valence-corrected chi connectivity index (χ0v) is 12.9. The van der Waals surface area contributed by atoms with Gasteiger partial charge < -0.3 is 10.1 Å². The molecule has 0 aliphatic heterocycles. The second-order valence-electron chi connectivity index (χ2n) is 5.05. The van der Waals surface area contributed by atoms with Crippen LogP contribution in [0.1, 0.15) is 40.4 Å². The largest absolute Gasteiger partial charge is 0.496 e. The van der Waals surface area contributed by atoms with Gasteiger partial charge in [0.25, 0.3) is 0 Å². The normalized spacial score (nSPS) is 12.3. The number of ether oxygens (including phenoxy) is 1. The minimum absolute atomic E-state index is 0.0372. The summed E-state index contributed by atoms with van der Waals surface area (Å²) >= 11 is 0. The fraction of sp³-hybridized carbons (Fsp3) is 0.562. The molecule has 3 heteroatoms. The monoisotopic (exact) mass is 263 g/mol. The van der Waals surface area contributed by atoms with Crippen LogP contribution >= 0.6 is 0 Å². The van der Waals surface area contributed by atoms with Crippen LogP contribution in [0.2, 0.25) is 0 Å². The Morgan fingerprint density at radius 3 is 2.42 bits per heavy atom. The quantitative estimate of drug-likeness (QED) is 0.802. The number of hydrogen-bond acceptors (Lipinski definition) is 3. The highest BCUT2D eigenvalue weighted by Crippen LogP contribution is 2.29. The molecule has 0 heterocycles. The molecule has 106 valence electrons. The number of rotatable bonds is 6. The molecule has 0 spiro atoms. The van der Waals surface area contributed by atoms with Gasteiger partial charge in [0.05, 0.1) is 7.11 Å². The lowest BCUT2D eigenvalue weighted by Crippen LogP contribution is -2.27. The Morgan fingerprint density at radius 1 is 1.32 bits per heavy atom. The molecule has 0 saturated heterocycles. The molecule has 0 amide bonds. The molecule has 1 rings (SSSR count). The SMILES string of the molecule is CCC(CNC)C(=O)c1c(C)cc(OC)c(C)c1C. The van der Waals surface area contributed by atoms with E-state index in [1.165, 1.54) is 0 Å². The molecule has 1 unspecified atom stereocenters. The molecule has 19 heavy (non-hydrogen) atoms. The lowest BCUT2D eigenvalue weighted by molar-refractivity contribution is 0.0915. The zero-order chi connectivity index (χ0) is 14.6. The van der Waals surface area contributed by atoms with Crippen molar-refractivity contribution < 1.29 is 9.53 Å². The van der Waals surface area contributed by atoms with Crippen LogP contribution in [0.5, 0.6) is 5.75 Å². The van der Waals surface area contributed by atoms with Crippen LogP contribution in [0.3, 0.4) is 0 Å². The summed E-state index contributed by atoms with van der Waals surface area (Å²) in [6.07, 6.45) is 0.851. The summed E-state index contributed by atoms with van der Waals surface area (Å²) in [4.78, 5) is 12.7. The van der Waals surface area contributed by atoms with E-state index in [4.69, 9.17) is 4.74 Å². The fourth-order valence-electron chi connectivity index (χ4n) is 2.51. The molecule has 0 fully saturated rings. The van der Waals surface area contributed by atoms with Crippen molar-refractivity contribution in [2.75, 3.05) is 20.7 Å². The van der Waals surface area contributed by atoms with Gasteiger partial charge in [-0.1, -0.05) is 6.92 Å². The Labute approximate surface area is 116 Å². The number of Topliss-reactive ketones (excluding diaryl/α,β-unsaturated/α-hetero) is 1. The molecule has 1 aromatic carbocycles. The van der Waals surface area contributed by atoms with Crippen molar-refractivity contribution in [2.24, 2.45) is 5.92 Å². The summed E-state index contributed by atoms with van der Waals surface area (Å²) in [6.45, 7) is 8.77. The first-order valence-corrected chi connectivity index (χ1v) is 6.81. The second-order valence-corrected chi connectivity index (χ2v) is 5.05. The predicted octanol–water partition coefficient (Wildman–Crippen LogP) is 3.05. The lowest BCUT2D eigenvalue weighted by Gasteiger charge is -2.19. The standard InChI is InChI=1S/C16H25NO2/c1-7-13(9-17-5)16(18)15-10(2)8-14(19-6)11(3)12(15)4/h8,13,17H,7,9H2,1-6H3. The van der Waals surface area contributed by atoms with Crippen LogP contribution in [0, 0.1) is 26.7 Å². The maximum absolute atomic E-state index is 12.7. The number of ketones is 1. The third kappa shape index (κ3) is 3.16. The van der Waals surface area contributed by atoms with Gasteiger partial charge in [0.1, 0.15) is 5.75 Å². The molecule has 3 nitrogen and oxygen atoms in total. The van der Waals surface area contributed by atoms with Gasteiger partial charge >= 0.3 is 0 Å². The number of benzene rings is 1. The Hall–Kier alpha value is -1.35. The van der Waals surface area contributed by atoms with Crippen LogP contribution in [-0.2, 0) is 0 Å². The second kappa shape index (κ2) is 6.71. The van der Waals surface area contributed by atoms with Gasteiger partial charge in [0.15, 0.2) is 5.78 Å². The number of aryl methyl sites for hydroxylation is 1. The van der Waals surface area contributed by atoms with Crippen LogP contribution in [-0.4, -0.2) is 26.5 Å². The summed E-state index contributed by atoms with van der Waals surface area (Å²) < 4.78 is 5.35. The molecule has 0 saturated carbocycles. The highest BCUT2D eigenvalue weighted by atomic mass is 16.5. The number of nitrogens with one attached hydrogen (secondary N) is 1. The van der Waals surface area contributed by atoms with E-state index in [0.717, 1.165) is 41.0 Å². The average Bonchev–Trinajstić information content (AvgIpc) is 2.39. The number of carbonyl (C=O) groups is 1. The van der Waals surface area contributed by atoms with E-state index in [2.05, 4.69) is 12.2 Å². The average molecular weight is 263 g/mol. The van der Waals surface area contributed by atoms with Crippen molar-refractivity contribution >= 4 is 5.78 Å². The van der Waals surface area contributed by atoms with Crippen molar-refractivity contribution in [3.8, 4) is 5.75 Å². The van der Waals surface area contributed by atoms with Gasteiger partial charge in [-0.05, 0) is 57.0 Å². The van der Waals surface area contributed by atoms with Gasteiger partial charge in [-0.25, -0.2) is 0 Å². The molecular formula is C16H25NO2. The molecular weight excluding hydrogens is 238 g/mol. The van der Waals surface area contributed by atoms with Gasteiger partial charge in [-0.15, -0.1) is 0 Å². The van der Waals surface area contributed by atoms with Crippen LogP contribution in [0.25, 0.3) is 0 Å². The minimum atomic E-state index is 0.0372. The molecule has 0 aliphatic carbocycles. The van der Waals surface area contributed by atoms with E-state index in [1.54, 1.807) is 7.11 Å². The van der Waals surface area contributed by atoms with Crippen molar-refractivity contribution in [2.45, 2.75) is 34.1 Å². The van der Waals surface area contributed by atoms with Crippen LogP contribution < -0.4 is 10.1 Å². The Kier molecular flexibility index (Phi) is 5.55. The first-order valence-electron chi connectivity index (χ1n) is 6.81. The molecule has 1 aromatic rings. The summed E-state index contributed by atoms with van der Waals surface area (Å²) in [5, 5.41) is 3.10. The van der Waals surface area contributed by atoms with Crippen LogP contribution in [0.15, 0.2) is 6.07 Å². The summed E-state index contributed by atoms with van der Waals surface area (Å²) in [7, 11) is 3.55. The van der Waals surface area contributed by atoms with Gasteiger partial charge in [0.2, 0.25) is 0 Å². The van der Waals surface area contributed by atoms with E-state index in [0.29, 0.717) is 0 Å². The number of methoxy groups -OCH3 is 1. The minimum Gasteiger partial charge on any atom is -0.496 e. The van der Waals surface area contributed by atoms with E-state index < -0.39 is 0 Å². The molecule has 1 N–H and O–H groups in total. The van der Waals surface area contributed by atoms with E-state index in [9.17, 15) is 4.79 Å². The number of carbonyl (C=O) groups excluding carboxylic acids is 1. The van der Waals surface area contributed by atoms with E-state index in [1.807, 2.05) is 33.9 Å². The molecule has 1 atom stereocenters. The van der Waals surface area contributed by atoms with Gasteiger partial charge in [-0.2, -0.15) is 0 Å². The zero-order valence-electron chi connectivity index (χ0n) is 12.9. The van der Waals surface area contributed by atoms with Crippen molar-refractivity contribution in [3.63, 3.8) is 0 Å². The summed E-state index contributed by atoms with van der Waals surface area (Å²) in [6, 6.07) is 1.96. The maximum Gasteiger partial charge on any atom is 0.167 e. The predicted molar refractivity (Wildman–Crippen MR) is 79.2 cm³/mol.